The van der Waals surface area contributed by atoms with Crippen molar-refractivity contribution >= 4 is 5.97 Å². The molecule has 1 aromatic heterocycles. The zero-order valence-corrected chi connectivity index (χ0v) is 7.02. The Bertz CT molecular complexity index is 298. The molecule has 0 spiro atoms. The molecule has 0 bridgehead atoms. The van der Waals surface area contributed by atoms with E-state index in [1.807, 2.05) is 0 Å². The van der Waals surface area contributed by atoms with Crippen LogP contribution in [0.3, 0.4) is 0 Å². The zero-order chi connectivity index (χ0) is 9.84. The molecule has 1 aromatic rings. The summed E-state index contributed by atoms with van der Waals surface area (Å²) in [5, 5.41) is 14.6. The molecule has 0 saturated carbocycles. The van der Waals surface area contributed by atoms with E-state index in [1.165, 1.54) is 7.11 Å². The molecule has 1 unspecified atom stereocenters. The molecule has 0 fully saturated rings. The molecule has 0 radical (unpaired) electrons. The monoisotopic (exact) mass is 186 g/mol. The number of carbonyl (C=O) groups excluding carboxylic acids is 1. The maximum absolute atomic E-state index is 10.9. The molecule has 0 saturated heterocycles. The molecule has 0 aromatic carbocycles. The van der Waals surface area contributed by atoms with Crippen molar-refractivity contribution in [1.29, 1.82) is 0 Å². The summed E-state index contributed by atoms with van der Waals surface area (Å²) in [7, 11) is 1.23. The third kappa shape index (κ3) is 2.01. The molecule has 4 N–H and O–H groups in total. The SMILES string of the molecule is COC(=O)c1n[nH]c(C(N)CO)n1. The maximum Gasteiger partial charge on any atom is 0.377 e. The quantitative estimate of drug-likeness (QED) is 0.499. The van der Waals surface area contributed by atoms with Crippen LogP contribution in [-0.4, -0.2) is 40.0 Å². The summed E-state index contributed by atoms with van der Waals surface area (Å²) >= 11 is 0. The number of nitrogens with two attached hydrogens (primary N) is 1. The average molecular weight is 186 g/mol. The van der Waals surface area contributed by atoms with Gasteiger partial charge in [0.15, 0.2) is 0 Å². The van der Waals surface area contributed by atoms with E-state index in [4.69, 9.17) is 10.8 Å². The topological polar surface area (TPSA) is 114 Å². The van der Waals surface area contributed by atoms with Crippen molar-refractivity contribution in [1.82, 2.24) is 15.2 Å². The zero-order valence-electron chi connectivity index (χ0n) is 7.02. The minimum absolute atomic E-state index is 0.0959. The van der Waals surface area contributed by atoms with E-state index >= 15 is 0 Å². The summed E-state index contributed by atoms with van der Waals surface area (Å²) in [6, 6.07) is -0.661. The molecular formula is C6H10N4O3. The lowest BCUT2D eigenvalue weighted by molar-refractivity contribution is 0.0587. The summed E-state index contributed by atoms with van der Waals surface area (Å²) in [6.07, 6.45) is 0. The third-order valence-corrected chi connectivity index (χ3v) is 1.42. The Hall–Kier alpha value is -1.47. The van der Waals surface area contributed by atoms with Crippen molar-refractivity contribution in [2.75, 3.05) is 13.7 Å². The van der Waals surface area contributed by atoms with Crippen LogP contribution in [0.5, 0.6) is 0 Å². The van der Waals surface area contributed by atoms with Gasteiger partial charge in [0, 0.05) is 0 Å². The molecule has 1 rings (SSSR count). The van der Waals surface area contributed by atoms with Crippen LogP contribution < -0.4 is 5.73 Å². The lowest BCUT2D eigenvalue weighted by atomic mass is 10.3. The predicted octanol–water partition coefficient (Wildman–Crippen LogP) is -1.42. The van der Waals surface area contributed by atoms with Gasteiger partial charge in [0.05, 0.1) is 19.8 Å². The van der Waals surface area contributed by atoms with Crippen LogP contribution in [-0.2, 0) is 4.74 Å². The minimum atomic E-state index is -0.661. The third-order valence-electron chi connectivity index (χ3n) is 1.42. The number of rotatable bonds is 3. The summed E-state index contributed by atoms with van der Waals surface area (Å²) in [4.78, 5) is 14.6. The Morgan fingerprint density at radius 2 is 2.54 bits per heavy atom. The number of hydrogen-bond donors (Lipinski definition) is 3. The van der Waals surface area contributed by atoms with Gasteiger partial charge in [0.2, 0.25) is 0 Å². The van der Waals surface area contributed by atoms with Crippen LogP contribution in [0.1, 0.15) is 22.5 Å². The van der Waals surface area contributed by atoms with Gasteiger partial charge in [0.25, 0.3) is 5.82 Å². The Labute approximate surface area is 73.9 Å². The number of aliphatic hydroxyl groups is 1. The molecule has 7 heteroatoms. The largest absolute Gasteiger partial charge is 0.463 e. The van der Waals surface area contributed by atoms with Crippen molar-refractivity contribution in [2.45, 2.75) is 6.04 Å². The van der Waals surface area contributed by atoms with Crippen molar-refractivity contribution in [3.05, 3.63) is 11.6 Å². The Morgan fingerprint density at radius 3 is 3.08 bits per heavy atom. The van der Waals surface area contributed by atoms with E-state index in [-0.39, 0.29) is 18.3 Å². The van der Waals surface area contributed by atoms with Crippen molar-refractivity contribution in [3.8, 4) is 0 Å². The van der Waals surface area contributed by atoms with Gasteiger partial charge in [-0.05, 0) is 0 Å². The first kappa shape index (κ1) is 9.62. The van der Waals surface area contributed by atoms with Crippen LogP contribution in [0.4, 0.5) is 0 Å². The highest BCUT2D eigenvalue weighted by Crippen LogP contribution is 2.02. The number of aliphatic hydroxyl groups excluding tert-OH is 1. The van der Waals surface area contributed by atoms with Crippen molar-refractivity contribution < 1.29 is 14.6 Å². The van der Waals surface area contributed by atoms with Gasteiger partial charge in [-0.1, -0.05) is 0 Å². The van der Waals surface area contributed by atoms with Crippen LogP contribution in [0.2, 0.25) is 0 Å². The molecule has 7 nitrogen and oxygen atoms in total. The fourth-order valence-electron chi connectivity index (χ4n) is 0.709. The molecule has 1 atom stereocenters. The van der Waals surface area contributed by atoms with Gasteiger partial charge in [0.1, 0.15) is 5.82 Å². The second-order valence-electron chi connectivity index (χ2n) is 2.32. The standard InChI is InChI=1S/C6H10N4O3/c1-13-6(12)5-8-4(9-10-5)3(7)2-11/h3,11H,2,7H2,1H3,(H,8,9,10). The second kappa shape index (κ2) is 3.97. The number of carbonyl (C=O) groups is 1. The number of aromatic amines is 1. The number of esters is 1. The molecule has 0 amide bonds. The maximum atomic E-state index is 10.9. The number of aromatic nitrogens is 3. The van der Waals surface area contributed by atoms with Crippen LogP contribution in [0, 0.1) is 0 Å². The van der Waals surface area contributed by atoms with E-state index in [2.05, 4.69) is 19.9 Å². The Morgan fingerprint density at radius 1 is 1.85 bits per heavy atom. The number of ether oxygens (including phenoxy) is 1. The lowest BCUT2D eigenvalue weighted by Crippen LogP contribution is -2.16. The Kier molecular flexibility index (Phi) is 2.93. The van der Waals surface area contributed by atoms with Gasteiger partial charge >= 0.3 is 5.97 Å². The normalized spacial score (nSPS) is 12.5. The number of H-pyrrole nitrogens is 1. The first-order valence-corrected chi connectivity index (χ1v) is 3.56. The molecule has 0 aliphatic carbocycles. The number of nitrogens with zero attached hydrogens (tertiary/aromatic N) is 2. The van der Waals surface area contributed by atoms with Crippen LogP contribution in [0.25, 0.3) is 0 Å². The summed E-state index contributed by atoms with van der Waals surface area (Å²) in [6.45, 7) is -0.268. The van der Waals surface area contributed by atoms with Gasteiger partial charge in [-0.25, -0.2) is 9.78 Å². The van der Waals surface area contributed by atoms with Crippen molar-refractivity contribution in [3.63, 3.8) is 0 Å². The summed E-state index contributed by atoms with van der Waals surface area (Å²) < 4.78 is 4.38. The highest BCUT2D eigenvalue weighted by Gasteiger charge is 2.15. The Balaban J connectivity index is 2.80. The van der Waals surface area contributed by atoms with Crippen LogP contribution >= 0.6 is 0 Å². The van der Waals surface area contributed by atoms with Gasteiger partial charge in [-0.2, -0.15) is 0 Å². The molecule has 1 heterocycles. The van der Waals surface area contributed by atoms with E-state index in [0.717, 1.165) is 0 Å². The molecule has 13 heavy (non-hydrogen) atoms. The molecule has 0 aliphatic rings. The molecule has 72 valence electrons. The van der Waals surface area contributed by atoms with Gasteiger partial charge in [-0.15, -0.1) is 5.10 Å². The smallest absolute Gasteiger partial charge is 0.377 e. The molecular weight excluding hydrogens is 176 g/mol. The lowest BCUT2D eigenvalue weighted by Gasteiger charge is -2.00. The predicted molar refractivity (Wildman–Crippen MR) is 41.7 cm³/mol. The first-order chi connectivity index (χ1) is 6.19. The number of methoxy groups -OCH3 is 1. The van der Waals surface area contributed by atoms with Gasteiger partial charge in [-0.3, -0.25) is 5.10 Å². The number of hydrogen-bond acceptors (Lipinski definition) is 6. The fraction of sp³-hybridized carbons (Fsp3) is 0.500. The van der Waals surface area contributed by atoms with Crippen molar-refractivity contribution in [2.24, 2.45) is 5.73 Å². The van der Waals surface area contributed by atoms with E-state index in [1.54, 1.807) is 0 Å². The van der Waals surface area contributed by atoms with E-state index in [0.29, 0.717) is 0 Å². The van der Waals surface area contributed by atoms with E-state index in [9.17, 15) is 4.79 Å². The fourth-order valence-corrected chi connectivity index (χ4v) is 0.709. The van der Waals surface area contributed by atoms with Crippen LogP contribution in [0.15, 0.2) is 0 Å². The van der Waals surface area contributed by atoms with Gasteiger partial charge < -0.3 is 15.6 Å². The minimum Gasteiger partial charge on any atom is -0.463 e. The summed E-state index contributed by atoms with van der Waals surface area (Å²) in [5.74, 6) is -0.489. The number of nitrogens with one attached hydrogen (secondary N) is 1. The highest BCUT2D eigenvalue weighted by molar-refractivity contribution is 5.84. The van der Waals surface area contributed by atoms with E-state index < -0.39 is 12.0 Å². The summed E-state index contributed by atoms with van der Waals surface area (Å²) in [5.41, 5.74) is 5.41. The second-order valence-corrected chi connectivity index (χ2v) is 2.32. The molecule has 0 aliphatic heterocycles. The highest BCUT2D eigenvalue weighted by atomic mass is 16.5. The first-order valence-electron chi connectivity index (χ1n) is 3.56. The average Bonchev–Trinajstić information content (AvgIpc) is 2.64.